The van der Waals surface area contributed by atoms with E-state index < -0.39 is 15.8 Å². The van der Waals surface area contributed by atoms with E-state index in [0.29, 0.717) is 25.1 Å². The van der Waals surface area contributed by atoms with Crippen LogP contribution in [0.3, 0.4) is 0 Å². The van der Waals surface area contributed by atoms with Gasteiger partial charge in [-0.3, -0.25) is 0 Å². The van der Waals surface area contributed by atoms with E-state index in [1.165, 1.54) is 18.2 Å². The average Bonchev–Trinajstić information content (AvgIpc) is 2.31. The third kappa shape index (κ3) is 3.02. The monoisotopic (exact) mass is 300 g/mol. The van der Waals surface area contributed by atoms with Crippen LogP contribution in [0.5, 0.6) is 0 Å². The summed E-state index contributed by atoms with van der Waals surface area (Å²) in [5.41, 5.74) is 5.94. The van der Waals surface area contributed by atoms with Gasteiger partial charge in [0.2, 0.25) is 10.0 Å². The van der Waals surface area contributed by atoms with Crippen LogP contribution in [0.1, 0.15) is 31.2 Å². The van der Waals surface area contributed by atoms with Gasteiger partial charge in [-0.25, -0.2) is 12.8 Å². The van der Waals surface area contributed by atoms with Crippen molar-refractivity contribution >= 4 is 10.0 Å². The fraction of sp³-hybridized carbons (Fsp3) is 0.571. The summed E-state index contributed by atoms with van der Waals surface area (Å²) >= 11 is 0. The molecule has 2 N–H and O–H groups in total. The fourth-order valence-electron chi connectivity index (χ4n) is 2.45. The minimum atomic E-state index is -3.57. The van der Waals surface area contributed by atoms with E-state index in [-0.39, 0.29) is 10.9 Å². The SMILES string of the molecule is Cc1cc(F)ccc1S(=O)(=O)N(CCCN)C1CCC1. The molecule has 0 amide bonds. The summed E-state index contributed by atoms with van der Waals surface area (Å²) in [4.78, 5) is 0.197. The lowest BCUT2D eigenvalue weighted by atomic mass is 9.93. The van der Waals surface area contributed by atoms with Gasteiger partial charge in [0.05, 0.1) is 4.90 Å². The molecule has 1 aromatic rings. The molecular weight excluding hydrogens is 279 g/mol. The number of nitrogens with two attached hydrogens (primary N) is 1. The van der Waals surface area contributed by atoms with E-state index >= 15 is 0 Å². The molecule has 6 heteroatoms. The normalized spacial score (nSPS) is 16.4. The van der Waals surface area contributed by atoms with E-state index in [0.717, 1.165) is 19.3 Å². The Labute approximate surface area is 119 Å². The average molecular weight is 300 g/mol. The van der Waals surface area contributed by atoms with Gasteiger partial charge in [-0.05, 0) is 56.5 Å². The Kier molecular flexibility index (Phi) is 4.78. The highest BCUT2D eigenvalue weighted by molar-refractivity contribution is 7.89. The summed E-state index contributed by atoms with van der Waals surface area (Å²) in [6.45, 7) is 2.51. The van der Waals surface area contributed by atoms with Crippen molar-refractivity contribution in [3.63, 3.8) is 0 Å². The number of nitrogens with zero attached hydrogens (tertiary/aromatic N) is 1. The lowest BCUT2D eigenvalue weighted by Crippen LogP contribution is -2.45. The Morgan fingerprint density at radius 3 is 2.60 bits per heavy atom. The zero-order valence-corrected chi connectivity index (χ0v) is 12.5. The molecule has 1 aromatic carbocycles. The molecule has 20 heavy (non-hydrogen) atoms. The quantitative estimate of drug-likeness (QED) is 0.874. The molecule has 0 aromatic heterocycles. The summed E-state index contributed by atoms with van der Waals surface area (Å²) in [7, 11) is -3.57. The van der Waals surface area contributed by atoms with E-state index in [4.69, 9.17) is 5.73 Å². The van der Waals surface area contributed by atoms with Gasteiger partial charge >= 0.3 is 0 Å². The van der Waals surface area contributed by atoms with Crippen molar-refractivity contribution in [3.05, 3.63) is 29.6 Å². The Bertz CT molecular complexity index is 571. The van der Waals surface area contributed by atoms with Crippen LogP contribution in [-0.4, -0.2) is 31.9 Å². The maximum absolute atomic E-state index is 13.2. The number of sulfonamides is 1. The van der Waals surface area contributed by atoms with E-state index in [2.05, 4.69) is 0 Å². The van der Waals surface area contributed by atoms with Crippen molar-refractivity contribution in [2.24, 2.45) is 5.73 Å². The highest BCUT2D eigenvalue weighted by Crippen LogP contribution is 2.31. The third-order valence-corrected chi connectivity index (χ3v) is 5.90. The van der Waals surface area contributed by atoms with Crippen molar-refractivity contribution < 1.29 is 12.8 Å². The zero-order chi connectivity index (χ0) is 14.8. The van der Waals surface area contributed by atoms with E-state index in [1.807, 2.05) is 0 Å². The van der Waals surface area contributed by atoms with Gasteiger partial charge in [-0.15, -0.1) is 0 Å². The predicted molar refractivity (Wildman–Crippen MR) is 76.3 cm³/mol. The maximum atomic E-state index is 13.2. The van der Waals surface area contributed by atoms with Gasteiger partial charge in [0.25, 0.3) is 0 Å². The van der Waals surface area contributed by atoms with Gasteiger partial charge in [-0.1, -0.05) is 6.42 Å². The topological polar surface area (TPSA) is 63.4 Å². The highest BCUT2D eigenvalue weighted by atomic mass is 32.2. The van der Waals surface area contributed by atoms with Gasteiger partial charge < -0.3 is 5.73 Å². The first-order chi connectivity index (χ1) is 9.46. The highest BCUT2D eigenvalue weighted by Gasteiger charge is 2.35. The first-order valence-corrected chi connectivity index (χ1v) is 8.39. The molecule has 0 heterocycles. The largest absolute Gasteiger partial charge is 0.330 e. The summed E-state index contributed by atoms with van der Waals surface area (Å²) in [5.74, 6) is -0.418. The number of rotatable bonds is 6. The minimum absolute atomic E-state index is 0.0657. The van der Waals surface area contributed by atoms with Crippen LogP contribution >= 0.6 is 0 Å². The molecule has 1 saturated carbocycles. The van der Waals surface area contributed by atoms with Crippen molar-refractivity contribution in [2.75, 3.05) is 13.1 Å². The molecule has 0 saturated heterocycles. The van der Waals surface area contributed by atoms with Crippen molar-refractivity contribution in [1.29, 1.82) is 0 Å². The van der Waals surface area contributed by atoms with Crippen LogP contribution < -0.4 is 5.73 Å². The Morgan fingerprint density at radius 1 is 1.40 bits per heavy atom. The van der Waals surface area contributed by atoms with Crippen LogP contribution in [0.4, 0.5) is 4.39 Å². The standard InChI is InChI=1S/C14H21FN2O2S/c1-11-10-12(15)6-7-14(11)20(18,19)17(9-3-8-16)13-4-2-5-13/h6-7,10,13H,2-5,8-9,16H2,1H3. The molecule has 0 unspecified atom stereocenters. The van der Waals surface area contributed by atoms with Crippen molar-refractivity contribution in [3.8, 4) is 0 Å². The minimum Gasteiger partial charge on any atom is -0.330 e. The molecule has 2 rings (SSSR count). The Balaban J connectivity index is 2.33. The number of hydrogen-bond acceptors (Lipinski definition) is 3. The third-order valence-electron chi connectivity index (χ3n) is 3.79. The van der Waals surface area contributed by atoms with Crippen LogP contribution in [0.15, 0.2) is 23.1 Å². The first kappa shape index (κ1) is 15.4. The fourth-order valence-corrected chi connectivity index (χ4v) is 4.38. The molecule has 0 bridgehead atoms. The zero-order valence-electron chi connectivity index (χ0n) is 11.7. The molecule has 112 valence electrons. The van der Waals surface area contributed by atoms with Gasteiger partial charge in [0.15, 0.2) is 0 Å². The summed E-state index contributed by atoms with van der Waals surface area (Å²) < 4.78 is 40.2. The second-order valence-electron chi connectivity index (χ2n) is 5.25. The maximum Gasteiger partial charge on any atom is 0.243 e. The van der Waals surface area contributed by atoms with Crippen LogP contribution in [0.2, 0.25) is 0 Å². The second kappa shape index (κ2) is 6.20. The first-order valence-electron chi connectivity index (χ1n) is 6.95. The van der Waals surface area contributed by atoms with E-state index in [9.17, 15) is 12.8 Å². The number of halogens is 1. The van der Waals surface area contributed by atoms with Crippen molar-refractivity contribution in [1.82, 2.24) is 4.31 Å². The van der Waals surface area contributed by atoms with Gasteiger partial charge in [0, 0.05) is 12.6 Å². The molecule has 1 aliphatic rings. The number of benzene rings is 1. The van der Waals surface area contributed by atoms with E-state index in [1.54, 1.807) is 11.2 Å². The molecule has 0 spiro atoms. The summed E-state index contributed by atoms with van der Waals surface area (Å²) in [5, 5.41) is 0. The molecule has 0 radical (unpaired) electrons. The second-order valence-corrected chi connectivity index (χ2v) is 7.11. The summed E-state index contributed by atoms with van der Waals surface area (Å²) in [6, 6.07) is 3.88. The lowest BCUT2D eigenvalue weighted by Gasteiger charge is -2.36. The van der Waals surface area contributed by atoms with Crippen molar-refractivity contribution in [2.45, 2.75) is 43.5 Å². The predicted octanol–water partition coefficient (Wildman–Crippen LogP) is 2.03. The molecule has 4 nitrogen and oxygen atoms in total. The molecular formula is C14H21FN2O2S. The smallest absolute Gasteiger partial charge is 0.243 e. The summed E-state index contributed by atoms with van der Waals surface area (Å²) in [6.07, 6.45) is 3.48. The molecule has 0 aliphatic heterocycles. The Morgan fingerprint density at radius 2 is 2.10 bits per heavy atom. The Hall–Kier alpha value is -0.980. The lowest BCUT2D eigenvalue weighted by molar-refractivity contribution is 0.218. The molecule has 0 atom stereocenters. The number of hydrogen-bond donors (Lipinski definition) is 1. The molecule has 1 aliphatic carbocycles. The van der Waals surface area contributed by atoms with Crippen LogP contribution in [0, 0.1) is 12.7 Å². The van der Waals surface area contributed by atoms with Crippen LogP contribution in [0.25, 0.3) is 0 Å². The van der Waals surface area contributed by atoms with Gasteiger partial charge in [0.1, 0.15) is 5.82 Å². The van der Waals surface area contributed by atoms with Gasteiger partial charge in [-0.2, -0.15) is 4.31 Å². The number of aryl methyl sites for hydroxylation is 1. The van der Waals surface area contributed by atoms with Crippen LogP contribution in [-0.2, 0) is 10.0 Å². The molecule has 1 fully saturated rings.